The summed E-state index contributed by atoms with van der Waals surface area (Å²) in [6.45, 7) is 1.01. The first-order valence-electron chi connectivity index (χ1n) is 9.40. The van der Waals surface area contributed by atoms with E-state index in [2.05, 4.69) is 36.8 Å². The normalized spacial score (nSPS) is 15.2. The first kappa shape index (κ1) is 23.6. The van der Waals surface area contributed by atoms with E-state index in [1.807, 2.05) is 34.5 Å². The first-order valence-corrected chi connectivity index (χ1v) is 13.3. The third kappa shape index (κ3) is 4.43. The van der Waals surface area contributed by atoms with Crippen LogP contribution in [-0.4, -0.2) is 51.0 Å². The van der Waals surface area contributed by atoms with E-state index >= 15 is 0 Å². The molecular weight excluding hydrogens is 592 g/mol. The molecule has 170 valence electrons. The monoisotopic (exact) mass is 607 g/mol. The molecule has 0 spiro atoms. The molecule has 6 nitrogen and oxygen atoms in total. The van der Waals surface area contributed by atoms with Crippen LogP contribution in [0.1, 0.15) is 0 Å². The minimum Gasteiger partial charge on any atom is -0.497 e. The number of anilines is 1. The van der Waals surface area contributed by atoms with E-state index in [4.69, 9.17) is 4.74 Å². The summed E-state index contributed by atoms with van der Waals surface area (Å²) in [5.74, 6) is -1.12. The Labute approximate surface area is 205 Å². The Balaban J connectivity index is 1.50. The smallest absolute Gasteiger partial charge is 0.247 e. The van der Waals surface area contributed by atoms with Crippen molar-refractivity contribution in [2.45, 2.75) is 4.90 Å². The largest absolute Gasteiger partial charge is 0.497 e. The van der Waals surface area contributed by atoms with Crippen LogP contribution in [0.15, 0.2) is 49.6 Å². The Morgan fingerprint density at radius 1 is 1.09 bits per heavy atom. The minimum atomic E-state index is -4.23. The van der Waals surface area contributed by atoms with Gasteiger partial charge in [0.2, 0.25) is 10.0 Å². The molecule has 0 atom stereocenters. The molecular formula is C20H17Br2F2N3O3S2. The number of halogens is 4. The van der Waals surface area contributed by atoms with Crippen molar-refractivity contribution in [3.05, 3.63) is 56.3 Å². The Morgan fingerprint density at radius 3 is 2.38 bits per heavy atom. The minimum absolute atomic E-state index is 0.125. The lowest BCUT2D eigenvalue weighted by Crippen LogP contribution is -2.48. The summed E-state index contributed by atoms with van der Waals surface area (Å²) in [6.07, 6.45) is 0. The molecule has 3 aromatic rings. The number of piperazine rings is 1. The fourth-order valence-corrected chi connectivity index (χ4v) is 7.21. The van der Waals surface area contributed by atoms with E-state index in [1.54, 1.807) is 7.11 Å². The third-order valence-corrected chi connectivity index (χ3v) is 9.52. The summed E-state index contributed by atoms with van der Waals surface area (Å²) in [5, 5.41) is 2.71. The molecule has 0 saturated carbocycles. The van der Waals surface area contributed by atoms with Gasteiger partial charge in [0.05, 0.1) is 21.7 Å². The molecule has 0 N–H and O–H groups in total. The zero-order valence-corrected chi connectivity index (χ0v) is 21.5. The van der Waals surface area contributed by atoms with Crippen LogP contribution in [0.25, 0.3) is 11.3 Å². The van der Waals surface area contributed by atoms with Crippen molar-refractivity contribution in [3.8, 4) is 17.0 Å². The van der Waals surface area contributed by atoms with Crippen LogP contribution >= 0.6 is 43.2 Å². The third-order valence-electron chi connectivity index (χ3n) is 5.06. The SMILES string of the molecule is COc1ccc(-c2csc(N3CCN(S(=O)(=O)c4c(F)c(Br)cc(F)c4Br)CC3)n2)cc1. The summed E-state index contributed by atoms with van der Waals surface area (Å²) in [4.78, 5) is 5.95. The summed E-state index contributed by atoms with van der Waals surface area (Å²) < 4.78 is 60.4. The molecule has 0 aliphatic carbocycles. The number of sulfonamides is 1. The molecule has 2 aromatic carbocycles. The molecule has 2 heterocycles. The predicted molar refractivity (Wildman–Crippen MR) is 127 cm³/mol. The molecule has 12 heteroatoms. The summed E-state index contributed by atoms with van der Waals surface area (Å²) in [6, 6.07) is 8.46. The quantitative estimate of drug-likeness (QED) is 0.376. The number of thiazole rings is 1. The van der Waals surface area contributed by atoms with Gasteiger partial charge in [-0.3, -0.25) is 0 Å². The van der Waals surface area contributed by atoms with Crippen LogP contribution in [-0.2, 0) is 10.0 Å². The van der Waals surface area contributed by atoms with Gasteiger partial charge in [0.15, 0.2) is 10.9 Å². The maximum absolute atomic E-state index is 14.6. The standard InChI is InChI=1S/C20H17Br2F2N3O3S2/c1-30-13-4-2-12(3-5-13)16-11-31-20(25-16)26-6-8-27(9-7-26)32(28,29)19-17(22)15(23)10-14(21)18(19)24/h2-5,10-11H,6-9H2,1H3. The molecule has 0 unspecified atom stereocenters. The van der Waals surface area contributed by atoms with Crippen molar-refractivity contribution < 1.29 is 21.9 Å². The van der Waals surface area contributed by atoms with E-state index in [-0.39, 0.29) is 17.6 Å². The van der Waals surface area contributed by atoms with Crippen LogP contribution in [0.5, 0.6) is 5.75 Å². The number of hydrogen-bond acceptors (Lipinski definition) is 6. The number of aromatic nitrogens is 1. The predicted octanol–water partition coefficient (Wildman–Crippen LogP) is 5.13. The van der Waals surface area contributed by atoms with Gasteiger partial charge in [0, 0.05) is 37.1 Å². The molecule has 1 fully saturated rings. The average Bonchev–Trinajstić information content (AvgIpc) is 3.28. The number of nitrogens with zero attached hydrogens (tertiary/aromatic N) is 3. The van der Waals surface area contributed by atoms with Gasteiger partial charge < -0.3 is 9.64 Å². The van der Waals surface area contributed by atoms with Crippen LogP contribution in [0.2, 0.25) is 0 Å². The topological polar surface area (TPSA) is 62.7 Å². The first-order chi connectivity index (χ1) is 15.2. The van der Waals surface area contributed by atoms with Gasteiger partial charge in [-0.1, -0.05) is 0 Å². The number of benzene rings is 2. The number of hydrogen-bond donors (Lipinski definition) is 0. The van der Waals surface area contributed by atoms with Gasteiger partial charge in [-0.25, -0.2) is 22.2 Å². The van der Waals surface area contributed by atoms with Crippen LogP contribution < -0.4 is 9.64 Å². The highest BCUT2D eigenvalue weighted by atomic mass is 79.9. The second kappa shape index (κ2) is 9.34. The zero-order chi connectivity index (χ0) is 23.0. The highest BCUT2D eigenvalue weighted by molar-refractivity contribution is 9.11. The van der Waals surface area contributed by atoms with Crippen molar-refractivity contribution in [2.75, 3.05) is 38.2 Å². The molecule has 0 amide bonds. The second-order valence-electron chi connectivity index (χ2n) is 6.93. The van der Waals surface area contributed by atoms with Gasteiger partial charge in [-0.05, 0) is 62.2 Å². The van der Waals surface area contributed by atoms with E-state index in [1.165, 1.54) is 11.3 Å². The average molecular weight is 609 g/mol. The van der Waals surface area contributed by atoms with E-state index < -0.39 is 31.0 Å². The van der Waals surface area contributed by atoms with Crippen LogP contribution in [0, 0.1) is 11.6 Å². The van der Waals surface area contributed by atoms with E-state index in [0.29, 0.717) is 13.1 Å². The molecule has 32 heavy (non-hydrogen) atoms. The van der Waals surface area contributed by atoms with Crippen molar-refractivity contribution in [3.63, 3.8) is 0 Å². The van der Waals surface area contributed by atoms with Gasteiger partial charge in [0.1, 0.15) is 16.5 Å². The van der Waals surface area contributed by atoms with Crippen molar-refractivity contribution in [1.29, 1.82) is 0 Å². The fourth-order valence-electron chi connectivity index (χ4n) is 3.33. The van der Waals surface area contributed by atoms with Crippen molar-refractivity contribution >= 4 is 58.4 Å². The lowest BCUT2D eigenvalue weighted by Gasteiger charge is -2.34. The fraction of sp³-hybridized carbons (Fsp3) is 0.250. The summed E-state index contributed by atoms with van der Waals surface area (Å²) in [5.41, 5.74) is 1.77. The van der Waals surface area contributed by atoms with Gasteiger partial charge in [0.25, 0.3) is 0 Å². The Hall–Kier alpha value is -1.60. The summed E-state index contributed by atoms with van der Waals surface area (Å²) >= 11 is 7.23. The summed E-state index contributed by atoms with van der Waals surface area (Å²) in [7, 11) is -2.63. The molecule has 4 rings (SSSR count). The number of ether oxygens (including phenoxy) is 1. The van der Waals surface area contributed by atoms with Crippen molar-refractivity contribution in [1.82, 2.24) is 9.29 Å². The second-order valence-corrected chi connectivity index (χ2v) is 11.3. The maximum atomic E-state index is 14.6. The highest BCUT2D eigenvalue weighted by Gasteiger charge is 2.35. The van der Waals surface area contributed by atoms with Crippen LogP contribution in [0.4, 0.5) is 13.9 Å². The Morgan fingerprint density at radius 2 is 1.75 bits per heavy atom. The molecule has 0 radical (unpaired) electrons. The molecule has 1 saturated heterocycles. The van der Waals surface area contributed by atoms with E-state index in [0.717, 1.165) is 32.5 Å². The number of methoxy groups -OCH3 is 1. The van der Waals surface area contributed by atoms with Crippen molar-refractivity contribution in [2.24, 2.45) is 0 Å². The lowest BCUT2D eigenvalue weighted by atomic mass is 10.2. The highest BCUT2D eigenvalue weighted by Crippen LogP contribution is 2.35. The van der Waals surface area contributed by atoms with Crippen LogP contribution in [0.3, 0.4) is 0 Å². The maximum Gasteiger partial charge on any atom is 0.247 e. The zero-order valence-electron chi connectivity index (χ0n) is 16.7. The molecule has 1 aliphatic heterocycles. The van der Waals surface area contributed by atoms with Gasteiger partial charge in [-0.15, -0.1) is 11.3 Å². The van der Waals surface area contributed by atoms with E-state index in [9.17, 15) is 17.2 Å². The lowest BCUT2D eigenvalue weighted by molar-refractivity contribution is 0.381. The Kier molecular flexibility index (Phi) is 6.87. The molecule has 0 bridgehead atoms. The molecule has 1 aliphatic rings. The molecule has 1 aromatic heterocycles. The van der Waals surface area contributed by atoms with Gasteiger partial charge >= 0.3 is 0 Å². The van der Waals surface area contributed by atoms with Gasteiger partial charge in [-0.2, -0.15) is 4.31 Å². The number of rotatable bonds is 5. The Bertz CT molecular complexity index is 1220.